The predicted octanol–water partition coefficient (Wildman–Crippen LogP) is 5.43. The van der Waals surface area contributed by atoms with Gasteiger partial charge >= 0.3 is 196 Å². The Labute approximate surface area is 195 Å². The van der Waals surface area contributed by atoms with Gasteiger partial charge in [0.1, 0.15) is 0 Å². The van der Waals surface area contributed by atoms with Gasteiger partial charge in [0.05, 0.1) is 0 Å². The molecule has 0 N–H and O–H groups in total. The molecular formula is C24H40CoN6. The van der Waals surface area contributed by atoms with Crippen LogP contribution in [0.4, 0.5) is 0 Å². The molecule has 2 aliphatic rings. The average Bonchev–Trinajstić information content (AvgIpc) is 3.00. The Bertz CT molecular complexity index is 722. The Kier molecular flexibility index (Phi) is 7.13. The van der Waals surface area contributed by atoms with Gasteiger partial charge in [-0.15, -0.1) is 0 Å². The average molecular weight is 472 g/mol. The summed E-state index contributed by atoms with van der Waals surface area (Å²) in [7, 11) is 0. The molecule has 0 radical (unpaired) electrons. The third-order valence-electron chi connectivity index (χ3n) is 3.46. The van der Waals surface area contributed by atoms with Crippen LogP contribution in [0.2, 0.25) is 0 Å². The molecule has 0 amide bonds. The van der Waals surface area contributed by atoms with Gasteiger partial charge < -0.3 is 0 Å². The van der Waals surface area contributed by atoms with E-state index in [1.165, 1.54) is 0 Å². The second-order valence-electron chi connectivity index (χ2n) is 11.8. The van der Waals surface area contributed by atoms with Gasteiger partial charge in [-0.1, -0.05) is 0 Å². The summed E-state index contributed by atoms with van der Waals surface area (Å²) in [6.07, 6.45) is 8.19. The molecule has 31 heavy (non-hydrogen) atoms. The van der Waals surface area contributed by atoms with Crippen molar-refractivity contribution in [2.24, 2.45) is 20.0 Å². The van der Waals surface area contributed by atoms with Gasteiger partial charge in [-0.3, -0.25) is 0 Å². The molecule has 2 aliphatic heterocycles. The van der Waals surface area contributed by atoms with Crippen LogP contribution in [0.5, 0.6) is 0 Å². The van der Waals surface area contributed by atoms with Crippen molar-refractivity contribution in [2.75, 3.05) is 0 Å². The van der Waals surface area contributed by atoms with Crippen molar-refractivity contribution < 1.29 is 15.1 Å². The van der Waals surface area contributed by atoms with Gasteiger partial charge in [0.25, 0.3) is 0 Å². The van der Waals surface area contributed by atoms with Crippen LogP contribution >= 0.6 is 0 Å². The van der Waals surface area contributed by atoms with Crippen LogP contribution in [0.25, 0.3) is 0 Å². The van der Waals surface area contributed by atoms with E-state index in [-0.39, 0.29) is 22.2 Å². The van der Waals surface area contributed by atoms with E-state index in [0.717, 1.165) is 38.5 Å². The normalized spacial score (nSPS) is 23.6. The molecule has 0 saturated carbocycles. The minimum atomic E-state index is -0.196. The summed E-state index contributed by atoms with van der Waals surface area (Å²) in [4.78, 5) is 19.8. The number of nitrogens with zero attached hydrogens (tertiary/aromatic N) is 6. The first-order chi connectivity index (χ1) is 13.8. The Morgan fingerprint density at radius 2 is 0.645 bits per heavy atom. The Morgan fingerprint density at radius 1 is 0.452 bits per heavy atom. The van der Waals surface area contributed by atoms with Gasteiger partial charge in [0.2, 0.25) is 0 Å². The summed E-state index contributed by atoms with van der Waals surface area (Å²) in [5.41, 5.74) is -0.786. The molecule has 2 heterocycles. The molecule has 0 bridgehead atoms. The summed E-state index contributed by atoms with van der Waals surface area (Å²) in [6.45, 7) is 25.3. The predicted molar refractivity (Wildman–Crippen MR) is 131 cm³/mol. The number of aliphatic imine (C=N–C) groups is 4. The topological polar surface area (TPSA) is 55.9 Å². The first kappa shape index (κ1) is 25.5. The number of amidine groups is 4. The summed E-state index contributed by atoms with van der Waals surface area (Å²) < 4.78 is 4.27. The maximum atomic E-state index is 4.95. The number of hydrogen-bond donors (Lipinski definition) is 0. The zero-order valence-corrected chi connectivity index (χ0v) is 22.4. The van der Waals surface area contributed by atoms with Crippen molar-refractivity contribution in [1.29, 1.82) is 0 Å². The van der Waals surface area contributed by atoms with Crippen LogP contribution in [0.3, 0.4) is 0 Å². The maximum absolute atomic E-state index is 4.95. The van der Waals surface area contributed by atoms with Crippen LogP contribution in [0.1, 0.15) is 83.1 Å². The third kappa shape index (κ3) is 8.37. The van der Waals surface area contributed by atoms with E-state index in [1.807, 2.05) is 24.3 Å². The molecule has 0 aliphatic carbocycles. The standard InChI is InChI=1S/2C12H20N3.Co/c2*1-11(2,3)14-9-7-8-10(13-9)15-12(4,5)6;/h2*7-8H,1-6H3;/q2*-1;+2. The Balaban J connectivity index is 2.55. The van der Waals surface area contributed by atoms with Gasteiger partial charge in [-0.25, -0.2) is 0 Å². The van der Waals surface area contributed by atoms with E-state index in [0.29, 0.717) is 0 Å². The first-order valence-electron chi connectivity index (χ1n) is 10.8. The Morgan fingerprint density at radius 3 is 0.806 bits per heavy atom. The summed E-state index contributed by atoms with van der Waals surface area (Å²) in [6, 6.07) is 0. The van der Waals surface area contributed by atoms with E-state index >= 15 is 0 Å². The van der Waals surface area contributed by atoms with Crippen molar-refractivity contribution in [2.45, 2.75) is 105 Å². The summed E-state index contributed by atoms with van der Waals surface area (Å²) in [5, 5.41) is 0. The van der Waals surface area contributed by atoms with Crippen molar-refractivity contribution in [3.05, 3.63) is 24.3 Å². The van der Waals surface area contributed by atoms with Crippen LogP contribution in [-0.4, -0.2) is 53.4 Å². The van der Waals surface area contributed by atoms with E-state index in [9.17, 15) is 0 Å². The fraction of sp³-hybridized carbons (Fsp3) is 0.667. The molecule has 7 heteroatoms. The molecule has 6 nitrogen and oxygen atoms in total. The van der Waals surface area contributed by atoms with E-state index in [4.69, 9.17) is 20.0 Å². The van der Waals surface area contributed by atoms with Crippen LogP contribution < -0.4 is 0 Å². The quantitative estimate of drug-likeness (QED) is 0.539. The first-order valence-corrected chi connectivity index (χ1v) is 11.7. The van der Waals surface area contributed by atoms with Crippen molar-refractivity contribution in [3.63, 3.8) is 0 Å². The minimum absolute atomic E-state index is 0.196. The fourth-order valence-electron chi connectivity index (χ4n) is 2.67. The van der Waals surface area contributed by atoms with Gasteiger partial charge in [0.15, 0.2) is 0 Å². The molecule has 175 valence electrons. The molecule has 0 saturated heterocycles. The molecule has 0 aromatic rings. The number of hydrogen-bond acceptors (Lipinski definition) is 4. The number of rotatable bonds is 2. The van der Waals surface area contributed by atoms with Gasteiger partial charge in [-0.05, 0) is 0 Å². The molecule has 0 spiro atoms. The molecule has 0 unspecified atom stereocenters. The van der Waals surface area contributed by atoms with Gasteiger partial charge in [0, 0.05) is 0 Å². The van der Waals surface area contributed by atoms with E-state index < -0.39 is 0 Å². The third-order valence-corrected chi connectivity index (χ3v) is 4.83. The molecule has 0 fully saturated rings. The van der Waals surface area contributed by atoms with Crippen molar-refractivity contribution in [1.82, 2.24) is 7.90 Å². The SMILES string of the molecule is CC(C)(C)N=C1C=CC(=NC(C)(C)C)[N]1[Co][N]1C(=NC(C)(C)C)C=CC1=NC(C)(C)C. The molecule has 0 atom stereocenters. The molecule has 0 aromatic heterocycles. The Hall–Kier alpha value is -1.73. The van der Waals surface area contributed by atoms with Gasteiger partial charge in [-0.2, -0.15) is 0 Å². The van der Waals surface area contributed by atoms with E-state index in [2.05, 4.69) is 91.0 Å². The van der Waals surface area contributed by atoms with Crippen molar-refractivity contribution >= 4 is 23.3 Å². The van der Waals surface area contributed by atoms with Crippen molar-refractivity contribution in [3.8, 4) is 0 Å². The summed E-state index contributed by atoms with van der Waals surface area (Å²) >= 11 is 0.916. The summed E-state index contributed by atoms with van der Waals surface area (Å²) in [5.74, 6) is 3.58. The molecule has 2 rings (SSSR count). The van der Waals surface area contributed by atoms with Crippen LogP contribution in [-0.2, 0) is 15.1 Å². The zero-order valence-electron chi connectivity index (χ0n) is 21.3. The molecular weight excluding hydrogens is 431 g/mol. The zero-order chi connectivity index (χ0) is 23.8. The fourth-order valence-corrected chi connectivity index (χ4v) is 3.83. The molecule has 0 aromatic carbocycles. The second kappa shape index (κ2) is 8.66. The van der Waals surface area contributed by atoms with E-state index in [1.54, 1.807) is 0 Å². The van der Waals surface area contributed by atoms with Crippen LogP contribution in [0.15, 0.2) is 44.3 Å². The monoisotopic (exact) mass is 471 g/mol. The van der Waals surface area contributed by atoms with Crippen LogP contribution in [0, 0.1) is 0 Å². The second-order valence-corrected chi connectivity index (χ2v) is 13.0.